The van der Waals surface area contributed by atoms with Crippen LogP contribution in [0.4, 0.5) is 0 Å². The highest BCUT2D eigenvalue weighted by molar-refractivity contribution is 6.31. The van der Waals surface area contributed by atoms with Crippen LogP contribution in [0.5, 0.6) is 0 Å². The molecular weight excluding hydrogens is 252 g/mol. The predicted octanol–water partition coefficient (Wildman–Crippen LogP) is 3.04. The Hall–Kier alpha value is -1.35. The number of benzene rings is 1. The summed E-state index contributed by atoms with van der Waals surface area (Å²) in [6, 6.07) is 5.09. The highest BCUT2D eigenvalue weighted by Gasteiger charge is 2.36. The molecule has 0 bridgehead atoms. The van der Waals surface area contributed by atoms with Gasteiger partial charge < -0.3 is 4.74 Å². The lowest BCUT2D eigenvalue weighted by atomic mass is 10.1. The molecular formula is C14H15ClO3. The predicted molar refractivity (Wildman–Crippen MR) is 68.8 cm³/mol. The number of ketones is 1. The summed E-state index contributed by atoms with van der Waals surface area (Å²) < 4.78 is 5.11. The van der Waals surface area contributed by atoms with Crippen LogP contribution in [-0.4, -0.2) is 18.4 Å². The summed E-state index contributed by atoms with van der Waals surface area (Å²) in [4.78, 5) is 23.8. The van der Waals surface area contributed by atoms with E-state index in [0.717, 1.165) is 18.4 Å². The number of carbonyl (C=O) groups excluding carboxylic acids is 2. The molecule has 96 valence electrons. The van der Waals surface area contributed by atoms with Gasteiger partial charge in [0.15, 0.2) is 5.78 Å². The van der Waals surface area contributed by atoms with Crippen LogP contribution in [0.15, 0.2) is 18.2 Å². The molecule has 1 unspecified atom stereocenters. The van der Waals surface area contributed by atoms with E-state index in [9.17, 15) is 9.59 Å². The van der Waals surface area contributed by atoms with Gasteiger partial charge in [-0.25, -0.2) is 0 Å². The second-order valence-corrected chi connectivity index (χ2v) is 4.88. The first-order valence-corrected chi connectivity index (χ1v) is 6.50. The number of ether oxygens (including phenoxy) is 1. The van der Waals surface area contributed by atoms with E-state index in [1.54, 1.807) is 18.2 Å². The molecule has 4 heteroatoms. The summed E-state index contributed by atoms with van der Waals surface area (Å²) in [5, 5.41) is 0.585. The van der Waals surface area contributed by atoms with Gasteiger partial charge in [-0.1, -0.05) is 24.9 Å². The van der Waals surface area contributed by atoms with E-state index in [-0.39, 0.29) is 5.78 Å². The lowest BCUT2D eigenvalue weighted by Crippen LogP contribution is -2.23. The van der Waals surface area contributed by atoms with Crippen molar-refractivity contribution in [2.75, 3.05) is 6.61 Å². The van der Waals surface area contributed by atoms with Gasteiger partial charge in [0.25, 0.3) is 0 Å². The van der Waals surface area contributed by atoms with Gasteiger partial charge in [-0.3, -0.25) is 9.59 Å². The molecule has 0 aliphatic heterocycles. The van der Waals surface area contributed by atoms with Crippen LogP contribution in [0.25, 0.3) is 0 Å². The van der Waals surface area contributed by atoms with Gasteiger partial charge in [0.2, 0.25) is 0 Å². The van der Waals surface area contributed by atoms with E-state index in [4.69, 9.17) is 16.3 Å². The van der Waals surface area contributed by atoms with E-state index in [1.807, 2.05) is 6.92 Å². The second kappa shape index (κ2) is 5.53. The minimum atomic E-state index is -0.685. The Balaban J connectivity index is 2.06. The molecule has 3 nitrogen and oxygen atoms in total. The molecule has 0 amide bonds. The topological polar surface area (TPSA) is 43.4 Å². The molecule has 0 radical (unpaired) electrons. The van der Waals surface area contributed by atoms with Gasteiger partial charge >= 0.3 is 5.97 Å². The molecule has 1 aliphatic rings. The van der Waals surface area contributed by atoms with Crippen LogP contribution < -0.4 is 0 Å². The Morgan fingerprint density at radius 3 is 3.00 bits per heavy atom. The number of hydrogen-bond acceptors (Lipinski definition) is 3. The van der Waals surface area contributed by atoms with Crippen molar-refractivity contribution < 1.29 is 14.3 Å². The third-order valence-corrected chi connectivity index (χ3v) is 3.34. The molecule has 2 rings (SSSR count). The van der Waals surface area contributed by atoms with Crippen molar-refractivity contribution in [1.29, 1.82) is 0 Å². The van der Waals surface area contributed by atoms with Crippen molar-refractivity contribution >= 4 is 23.4 Å². The zero-order valence-corrected chi connectivity index (χ0v) is 11.0. The first-order valence-electron chi connectivity index (χ1n) is 6.12. The lowest BCUT2D eigenvalue weighted by molar-refractivity contribution is -0.146. The summed E-state index contributed by atoms with van der Waals surface area (Å²) in [7, 11) is 0. The van der Waals surface area contributed by atoms with Crippen LogP contribution in [0, 0.1) is 5.92 Å². The van der Waals surface area contributed by atoms with E-state index in [0.29, 0.717) is 23.6 Å². The highest BCUT2D eigenvalue weighted by Crippen LogP contribution is 2.29. The molecule has 0 aromatic heterocycles. The van der Waals surface area contributed by atoms with Crippen molar-refractivity contribution in [3.05, 3.63) is 34.3 Å². The monoisotopic (exact) mass is 266 g/mol. The van der Waals surface area contributed by atoms with Gasteiger partial charge in [0, 0.05) is 10.6 Å². The molecule has 0 spiro atoms. The molecule has 18 heavy (non-hydrogen) atoms. The summed E-state index contributed by atoms with van der Waals surface area (Å²) in [5.41, 5.74) is 1.43. The largest absolute Gasteiger partial charge is 0.465 e. The van der Waals surface area contributed by atoms with E-state index in [2.05, 4.69) is 0 Å². The smallest absolute Gasteiger partial charge is 0.317 e. The molecule has 0 saturated carbocycles. The molecule has 1 aromatic rings. The van der Waals surface area contributed by atoms with Crippen molar-refractivity contribution in [2.24, 2.45) is 5.92 Å². The Bertz CT molecular complexity index is 482. The van der Waals surface area contributed by atoms with Gasteiger partial charge in [0.05, 0.1) is 6.61 Å². The van der Waals surface area contributed by atoms with E-state index >= 15 is 0 Å². The standard InChI is InChI=1S/C14H15ClO3/c1-2-3-6-18-14(17)12-8-9-7-10(15)4-5-11(9)13(12)16/h4-5,7,12H,2-3,6,8H2,1H3. The molecule has 1 aliphatic carbocycles. The number of Topliss-reactive ketones (excluding diaryl/α,β-unsaturated/α-hetero) is 1. The van der Waals surface area contributed by atoms with Crippen molar-refractivity contribution in [3.8, 4) is 0 Å². The number of rotatable bonds is 4. The first kappa shape index (κ1) is 13.1. The van der Waals surface area contributed by atoms with Crippen LogP contribution in [-0.2, 0) is 16.0 Å². The number of halogens is 1. The molecule has 1 atom stereocenters. The third-order valence-electron chi connectivity index (χ3n) is 3.10. The minimum Gasteiger partial charge on any atom is -0.465 e. The van der Waals surface area contributed by atoms with Gasteiger partial charge in [0.1, 0.15) is 5.92 Å². The van der Waals surface area contributed by atoms with Gasteiger partial charge in [-0.2, -0.15) is 0 Å². The number of carbonyl (C=O) groups is 2. The van der Waals surface area contributed by atoms with Crippen molar-refractivity contribution in [1.82, 2.24) is 0 Å². The quantitative estimate of drug-likeness (QED) is 0.478. The van der Waals surface area contributed by atoms with Crippen molar-refractivity contribution in [2.45, 2.75) is 26.2 Å². The van der Waals surface area contributed by atoms with Crippen molar-refractivity contribution in [3.63, 3.8) is 0 Å². The van der Waals surface area contributed by atoms with Crippen LogP contribution >= 0.6 is 11.6 Å². The van der Waals surface area contributed by atoms with Crippen LogP contribution in [0.2, 0.25) is 5.02 Å². The van der Waals surface area contributed by atoms with Crippen LogP contribution in [0.1, 0.15) is 35.7 Å². The fourth-order valence-corrected chi connectivity index (χ4v) is 2.27. The SMILES string of the molecule is CCCCOC(=O)C1Cc2cc(Cl)ccc2C1=O. The summed E-state index contributed by atoms with van der Waals surface area (Å²) in [5.74, 6) is -1.25. The average Bonchev–Trinajstić information content (AvgIpc) is 2.66. The van der Waals surface area contributed by atoms with E-state index < -0.39 is 11.9 Å². The zero-order valence-electron chi connectivity index (χ0n) is 10.2. The lowest BCUT2D eigenvalue weighted by Gasteiger charge is -2.07. The number of hydrogen-bond donors (Lipinski definition) is 0. The summed E-state index contributed by atoms with van der Waals surface area (Å²) in [6.07, 6.45) is 2.19. The van der Waals surface area contributed by atoms with Crippen LogP contribution in [0.3, 0.4) is 0 Å². The average molecular weight is 267 g/mol. The normalized spacial score (nSPS) is 17.7. The fourth-order valence-electron chi connectivity index (χ4n) is 2.08. The first-order chi connectivity index (χ1) is 8.63. The second-order valence-electron chi connectivity index (χ2n) is 4.44. The highest BCUT2D eigenvalue weighted by atomic mass is 35.5. The van der Waals surface area contributed by atoms with Gasteiger partial charge in [-0.15, -0.1) is 0 Å². The third kappa shape index (κ3) is 2.56. The summed E-state index contributed by atoms with van der Waals surface area (Å²) >= 11 is 5.87. The molecule has 0 N–H and O–H groups in total. The maximum Gasteiger partial charge on any atom is 0.317 e. The number of fused-ring (bicyclic) bond motifs is 1. The maximum absolute atomic E-state index is 12.0. The Kier molecular flexibility index (Phi) is 4.02. The molecule has 0 saturated heterocycles. The number of esters is 1. The molecule has 0 heterocycles. The number of unbranched alkanes of at least 4 members (excludes halogenated alkanes) is 1. The molecule has 0 fully saturated rings. The Morgan fingerprint density at radius 1 is 1.50 bits per heavy atom. The van der Waals surface area contributed by atoms with Gasteiger partial charge in [-0.05, 0) is 36.6 Å². The molecule has 1 aromatic carbocycles. The zero-order chi connectivity index (χ0) is 13.1. The Labute approximate surface area is 111 Å². The maximum atomic E-state index is 12.0. The summed E-state index contributed by atoms with van der Waals surface area (Å²) in [6.45, 7) is 2.41. The Morgan fingerprint density at radius 2 is 2.28 bits per heavy atom. The minimum absolute atomic E-state index is 0.150. The van der Waals surface area contributed by atoms with E-state index in [1.165, 1.54) is 0 Å². The fraction of sp³-hybridized carbons (Fsp3) is 0.429.